The van der Waals surface area contributed by atoms with Crippen LogP contribution in [0, 0.1) is 11.6 Å². The molecule has 5 nitrogen and oxygen atoms in total. The molecule has 0 bridgehead atoms. The Kier molecular flexibility index (Phi) is 5.38. The predicted molar refractivity (Wildman–Crippen MR) is 113 cm³/mol. The Morgan fingerprint density at radius 1 is 1.14 bits per heavy atom. The molecule has 0 amide bonds. The molecule has 2 aromatic carbocycles. The van der Waals surface area contributed by atoms with Crippen molar-refractivity contribution in [2.24, 2.45) is 17.9 Å². The van der Waals surface area contributed by atoms with E-state index < -0.39 is 16.5 Å². The Bertz CT molecular complexity index is 1040. The molecule has 0 spiro atoms. The van der Waals surface area contributed by atoms with Crippen molar-refractivity contribution >= 4 is 22.6 Å². The van der Waals surface area contributed by atoms with Crippen LogP contribution in [0.25, 0.3) is 0 Å². The number of imidazole rings is 1. The van der Waals surface area contributed by atoms with Gasteiger partial charge in [-0.25, -0.2) is 18.8 Å². The number of thioether (sulfide) groups is 1. The molecule has 1 aliphatic rings. The highest BCUT2D eigenvalue weighted by Crippen LogP contribution is 2.51. The van der Waals surface area contributed by atoms with Gasteiger partial charge in [0, 0.05) is 18.8 Å². The Labute approximate surface area is 172 Å². The van der Waals surface area contributed by atoms with E-state index in [-0.39, 0.29) is 5.56 Å². The number of nitrogens with zero attached hydrogens (tertiary/aromatic N) is 4. The normalized spacial score (nSPS) is 18.9. The van der Waals surface area contributed by atoms with Crippen molar-refractivity contribution in [3.63, 3.8) is 0 Å². The average molecular weight is 413 g/mol. The first kappa shape index (κ1) is 19.6. The zero-order valence-electron chi connectivity index (χ0n) is 15.9. The number of hydrazone groups is 1. The number of nitrogens with two attached hydrogens (primary N) is 1. The van der Waals surface area contributed by atoms with Gasteiger partial charge in [0.05, 0.1) is 6.33 Å². The van der Waals surface area contributed by atoms with Crippen LogP contribution in [-0.4, -0.2) is 21.1 Å². The molecule has 0 radical (unpaired) electrons. The molecule has 2 heterocycles. The van der Waals surface area contributed by atoms with Crippen LogP contribution >= 0.6 is 11.8 Å². The lowest BCUT2D eigenvalue weighted by atomic mass is 10.0. The third-order valence-corrected chi connectivity index (χ3v) is 6.26. The molecule has 3 aromatic rings. The Balaban J connectivity index is 1.88. The van der Waals surface area contributed by atoms with Crippen LogP contribution < -0.4 is 10.7 Å². The molecule has 8 heteroatoms. The lowest BCUT2D eigenvalue weighted by Crippen LogP contribution is -2.38. The van der Waals surface area contributed by atoms with Crippen molar-refractivity contribution in [1.29, 1.82) is 0 Å². The largest absolute Gasteiger partial charge is 0.338 e. The molecule has 2 N–H and O–H groups in total. The minimum absolute atomic E-state index is 0.140. The van der Waals surface area contributed by atoms with E-state index in [4.69, 9.17) is 10.8 Å². The van der Waals surface area contributed by atoms with Gasteiger partial charge in [0.15, 0.2) is 5.82 Å². The number of hydrogen-bond donors (Lipinski definition) is 1. The van der Waals surface area contributed by atoms with Crippen molar-refractivity contribution in [2.75, 3.05) is 11.6 Å². The lowest BCUT2D eigenvalue weighted by molar-refractivity contribution is 0.523. The van der Waals surface area contributed by atoms with Crippen molar-refractivity contribution in [3.05, 3.63) is 83.8 Å². The monoisotopic (exact) mass is 413 g/mol. The Morgan fingerprint density at radius 3 is 2.62 bits per heavy atom. The fourth-order valence-corrected chi connectivity index (χ4v) is 4.86. The van der Waals surface area contributed by atoms with Crippen molar-refractivity contribution < 1.29 is 8.78 Å². The molecule has 1 aliphatic heterocycles. The third-order valence-electron chi connectivity index (χ3n) is 4.81. The highest BCUT2D eigenvalue weighted by molar-refractivity contribution is 8.15. The summed E-state index contributed by atoms with van der Waals surface area (Å²) < 4.78 is 30.2. The van der Waals surface area contributed by atoms with Crippen LogP contribution in [0.15, 0.2) is 66.2 Å². The third kappa shape index (κ3) is 3.65. The minimum atomic E-state index is -0.664. The van der Waals surface area contributed by atoms with E-state index in [2.05, 4.69) is 4.98 Å². The van der Waals surface area contributed by atoms with E-state index in [0.717, 1.165) is 24.1 Å². The zero-order chi connectivity index (χ0) is 20.4. The SMILES string of the molecule is Cn1cnc(N2N=C(c3cc(F)ccc3F)SC2(CCCN)c2ccccc2)c1. The van der Waals surface area contributed by atoms with Gasteiger partial charge in [-0.3, -0.25) is 0 Å². The summed E-state index contributed by atoms with van der Waals surface area (Å²) in [6, 6.07) is 13.3. The summed E-state index contributed by atoms with van der Waals surface area (Å²) in [6.07, 6.45) is 4.95. The molecule has 1 atom stereocenters. The molecule has 150 valence electrons. The predicted octanol–water partition coefficient (Wildman–Crippen LogP) is 4.21. The average Bonchev–Trinajstić information content (AvgIpc) is 3.33. The smallest absolute Gasteiger partial charge is 0.168 e. The van der Waals surface area contributed by atoms with Gasteiger partial charge >= 0.3 is 0 Å². The van der Waals surface area contributed by atoms with Gasteiger partial charge in [-0.2, -0.15) is 5.10 Å². The molecular weight excluding hydrogens is 392 g/mol. The maximum absolute atomic E-state index is 14.5. The van der Waals surface area contributed by atoms with Crippen LogP contribution in [0.4, 0.5) is 14.6 Å². The van der Waals surface area contributed by atoms with Gasteiger partial charge in [-0.1, -0.05) is 42.1 Å². The first-order valence-electron chi connectivity index (χ1n) is 9.30. The van der Waals surface area contributed by atoms with E-state index in [1.165, 1.54) is 17.8 Å². The fourth-order valence-electron chi connectivity index (χ4n) is 3.43. The number of aryl methyl sites for hydroxylation is 1. The molecule has 1 unspecified atom stereocenters. The quantitative estimate of drug-likeness (QED) is 0.658. The second-order valence-corrected chi connectivity index (χ2v) is 8.15. The number of rotatable bonds is 6. The van der Waals surface area contributed by atoms with Crippen LogP contribution in [0.3, 0.4) is 0 Å². The summed E-state index contributed by atoms with van der Waals surface area (Å²) in [4.78, 5) is 3.80. The van der Waals surface area contributed by atoms with Gasteiger partial charge in [0.1, 0.15) is 21.5 Å². The Morgan fingerprint density at radius 2 is 1.93 bits per heavy atom. The van der Waals surface area contributed by atoms with E-state index >= 15 is 0 Å². The number of benzene rings is 2. The first-order valence-corrected chi connectivity index (χ1v) is 10.1. The zero-order valence-corrected chi connectivity index (χ0v) is 16.7. The molecular formula is C21H21F2N5S. The number of aromatic nitrogens is 2. The van der Waals surface area contributed by atoms with E-state index in [9.17, 15) is 8.78 Å². The van der Waals surface area contributed by atoms with Crippen molar-refractivity contribution in [1.82, 2.24) is 9.55 Å². The Hall–Kier alpha value is -2.71. The van der Waals surface area contributed by atoms with Gasteiger partial charge in [-0.05, 0) is 43.1 Å². The second kappa shape index (κ2) is 7.96. The molecule has 0 aliphatic carbocycles. The van der Waals surface area contributed by atoms with Crippen molar-refractivity contribution in [3.8, 4) is 0 Å². The van der Waals surface area contributed by atoms with E-state index in [1.54, 1.807) is 6.33 Å². The topological polar surface area (TPSA) is 59.4 Å². The maximum Gasteiger partial charge on any atom is 0.168 e. The molecule has 1 aromatic heterocycles. The highest BCUT2D eigenvalue weighted by Gasteiger charge is 2.47. The number of anilines is 1. The summed E-state index contributed by atoms with van der Waals surface area (Å²) in [5.41, 5.74) is 6.97. The van der Waals surface area contributed by atoms with Gasteiger partial charge in [0.2, 0.25) is 0 Å². The first-order chi connectivity index (χ1) is 14.0. The van der Waals surface area contributed by atoms with Gasteiger partial charge < -0.3 is 10.3 Å². The van der Waals surface area contributed by atoms with Gasteiger partial charge in [-0.15, -0.1) is 0 Å². The summed E-state index contributed by atoms with van der Waals surface area (Å²) in [7, 11) is 1.88. The molecule has 0 saturated carbocycles. The fraction of sp³-hybridized carbons (Fsp3) is 0.238. The maximum atomic E-state index is 14.5. The molecule has 0 fully saturated rings. The van der Waals surface area contributed by atoms with E-state index in [0.29, 0.717) is 23.8 Å². The molecule has 29 heavy (non-hydrogen) atoms. The van der Waals surface area contributed by atoms with Crippen LogP contribution in [0.5, 0.6) is 0 Å². The summed E-state index contributed by atoms with van der Waals surface area (Å²) >= 11 is 1.40. The second-order valence-electron chi connectivity index (χ2n) is 6.88. The van der Waals surface area contributed by atoms with E-state index in [1.807, 2.05) is 53.2 Å². The summed E-state index contributed by atoms with van der Waals surface area (Å²) in [6.45, 7) is 0.509. The number of halogens is 2. The van der Waals surface area contributed by atoms with Crippen LogP contribution in [0.1, 0.15) is 24.0 Å². The number of hydrogen-bond acceptors (Lipinski definition) is 5. The summed E-state index contributed by atoms with van der Waals surface area (Å²) in [5, 5.41) is 6.93. The lowest BCUT2D eigenvalue weighted by Gasteiger charge is -2.36. The van der Waals surface area contributed by atoms with Crippen LogP contribution in [-0.2, 0) is 11.9 Å². The molecule has 4 rings (SSSR count). The van der Waals surface area contributed by atoms with Crippen LogP contribution in [0.2, 0.25) is 0 Å². The minimum Gasteiger partial charge on any atom is -0.338 e. The standard InChI is InChI=1S/C21H21F2N5S/c1-27-13-19(25-14-27)28-21(10-5-11-24,15-6-3-2-4-7-15)29-20(26-28)17-12-16(22)8-9-18(17)23/h2-4,6-9,12-14H,5,10-11,24H2,1H3. The summed E-state index contributed by atoms with van der Waals surface area (Å²) in [5.74, 6) is -0.387. The molecule has 0 saturated heterocycles. The van der Waals surface area contributed by atoms with Gasteiger partial charge in [0.25, 0.3) is 0 Å². The highest BCUT2D eigenvalue weighted by atomic mass is 32.2. The van der Waals surface area contributed by atoms with Crippen molar-refractivity contribution in [2.45, 2.75) is 17.7 Å².